The van der Waals surface area contributed by atoms with Crippen molar-refractivity contribution in [3.8, 4) is 0 Å². The molecule has 2 saturated carbocycles. The normalized spacial score (nSPS) is 34.9. The molecule has 22 heavy (non-hydrogen) atoms. The third kappa shape index (κ3) is 1.75. The maximum absolute atomic E-state index is 2.57. The number of allylic oxidation sites excluding steroid dienone is 3. The Morgan fingerprint density at radius 1 is 1.09 bits per heavy atom. The summed E-state index contributed by atoms with van der Waals surface area (Å²) in [5, 5.41) is 2.00. The molecule has 0 heterocycles. The standard InChI is InChI=1S/C21H26Si/c1-22(2)21-16-10-13-9-15(12-16)20(19(21)11-13)18-8-4-6-14-5-3-7-17(14)18/h3-4,6-8,13,15-16,20,22H,5,9-12H2,1-2H3. The summed E-state index contributed by atoms with van der Waals surface area (Å²) in [5.41, 5.74) is 6.75. The third-order valence-corrected chi connectivity index (χ3v) is 8.90. The van der Waals surface area contributed by atoms with E-state index in [1.54, 1.807) is 16.7 Å². The first-order chi connectivity index (χ1) is 10.7. The van der Waals surface area contributed by atoms with Gasteiger partial charge in [-0.05, 0) is 66.5 Å². The molecule has 0 nitrogen and oxygen atoms in total. The topological polar surface area (TPSA) is 0 Å². The second kappa shape index (κ2) is 4.71. The molecule has 0 radical (unpaired) electrons. The molecule has 0 aromatic heterocycles. The van der Waals surface area contributed by atoms with Crippen molar-refractivity contribution in [1.82, 2.24) is 0 Å². The van der Waals surface area contributed by atoms with Crippen LogP contribution in [0, 0.1) is 17.8 Å². The van der Waals surface area contributed by atoms with Gasteiger partial charge in [-0.15, -0.1) is 0 Å². The maximum Gasteiger partial charge on any atom is 0.0599 e. The van der Waals surface area contributed by atoms with Crippen LogP contribution in [0.25, 0.3) is 6.08 Å². The second-order valence-corrected chi connectivity index (χ2v) is 11.3. The van der Waals surface area contributed by atoms with Gasteiger partial charge in [0.15, 0.2) is 0 Å². The van der Waals surface area contributed by atoms with E-state index in [9.17, 15) is 0 Å². The van der Waals surface area contributed by atoms with Crippen molar-refractivity contribution in [1.29, 1.82) is 0 Å². The zero-order valence-corrected chi connectivity index (χ0v) is 15.0. The lowest BCUT2D eigenvalue weighted by Gasteiger charge is -2.53. The molecule has 4 bridgehead atoms. The zero-order chi connectivity index (χ0) is 14.8. The van der Waals surface area contributed by atoms with E-state index in [1.807, 2.05) is 10.8 Å². The van der Waals surface area contributed by atoms with Gasteiger partial charge in [0.1, 0.15) is 0 Å². The van der Waals surface area contributed by atoms with Crippen LogP contribution in [-0.4, -0.2) is 8.80 Å². The van der Waals surface area contributed by atoms with Crippen LogP contribution in [0.5, 0.6) is 0 Å². The summed E-state index contributed by atoms with van der Waals surface area (Å²) in [6.07, 6.45) is 11.9. The molecule has 6 rings (SSSR count). The van der Waals surface area contributed by atoms with Crippen molar-refractivity contribution in [2.24, 2.45) is 17.8 Å². The van der Waals surface area contributed by atoms with Gasteiger partial charge in [0.05, 0.1) is 8.80 Å². The minimum absolute atomic E-state index is 0.662. The Morgan fingerprint density at radius 2 is 2.00 bits per heavy atom. The van der Waals surface area contributed by atoms with Gasteiger partial charge in [-0.3, -0.25) is 0 Å². The van der Waals surface area contributed by atoms with Gasteiger partial charge in [0.2, 0.25) is 0 Å². The van der Waals surface area contributed by atoms with Crippen molar-refractivity contribution in [3.05, 3.63) is 51.7 Å². The Kier molecular flexibility index (Phi) is 2.86. The van der Waals surface area contributed by atoms with Crippen LogP contribution in [-0.2, 0) is 6.42 Å². The van der Waals surface area contributed by atoms with Crippen molar-refractivity contribution in [2.75, 3.05) is 0 Å². The van der Waals surface area contributed by atoms with Gasteiger partial charge in [-0.1, -0.05) is 54.2 Å². The first-order valence-corrected chi connectivity index (χ1v) is 12.1. The Hall–Kier alpha value is -1.08. The van der Waals surface area contributed by atoms with Crippen LogP contribution in [0.4, 0.5) is 0 Å². The molecule has 1 heteroatoms. The van der Waals surface area contributed by atoms with Crippen molar-refractivity contribution in [3.63, 3.8) is 0 Å². The molecule has 0 amide bonds. The summed E-state index contributed by atoms with van der Waals surface area (Å²) in [4.78, 5) is 0. The van der Waals surface area contributed by atoms with Crippen LogP contribution < -0.4 is 0 Å². The Labute approximate surface area is 135 Å². The lowest BCUT2D eigenvalue weighted by Crippen LogP contribution is -2.42. The molecule has 4 atom stereocenters. The number of hydrogen-bond donors (Lipinski definition) is 0. The number of hydrogen-bond acceptors (Lipinski definition) is 0. The lowest BCUT2D eigenvalue weighted by molar-refractivity contribution is 0.143. The van der Waals surface area contributed by atoms with Crippen LogP contribution in [0.15, 0.2) is 35.0 Å². The predicted octanol–water partition coefficient (Wildman–Crippen LogP) is 5.11. The van der Waals surface area contributed by atoms with E-state index in [0.717, 1.165) is 30.1 Å². The molecule has 114 valence electrons. The number of benzene rings is 1. The van der Waals surface area contributed by atoms with Crippen LogP contribution in [0.2, 0.25) is 13.1 Å². The van der Waals surface area contributed by atoms with E-state index in [4.69, 9.17) is 0 Å². The highest BCUT2D eigenvalue weighted by atomic mass is 28.3. The molecule has 1 aromatic carbocycles. The summed E-state index contributed by atoms with van der Waals surface area (Å²) in [6, 6.07) is 7.11. The largest absolute Gasteiger partial charge is 0.0817 e. The van der Waals surface area contributed by atoms with Crippen molar-refractivity contribution >= 4 is 14.9 Å². The second-order valence-electron chi connectivity index (χ2n) is 8.37. The highest BCUT2D eigenvalue weighted by Gasteiger charge is 2.48. The Balaban J connectivity index is 1.69. The third-order valence-electron chi connectivity index (χ3n) is 6.82. The van der Waals surface area contributed by atoms with Crippen molar-refractivity contribution in [2.45, 2.75) is 51.1 Å². The fourth-order valence-electron chi connectivity index (χ4n) is 6.33. The monoisotopic (exact) mass is 306 g/mol. The smallest absolute Gasteiger partial charge is 0.0599 e. The summed E-state index contributed by atoms with van der Waals surface area (Å²) in [6.45, 7) is 5.13. The van der Waals surface area contributed by atoms with Gasteiger partial charge < -0.3 is 0 Å². The quantitative estimate of drug-likeness (QED) is 0.666. The minimum Gasteiger partial charge on any atom is -0.0817 e. The van der Waals surface area contributed by atoms with Gasteiger partial charge in [-0.25, -0.2) is 0 Å². The molecule has 2 fully saturated rings. The summed E-state index contributed by atoms with van der Waals surface area (Å²) in [7, 11) is -0.662. The van der Waals surface area contributed by atoms with E-state index in [1.165, 1.54) is 25.7 Å². The van der Waals surface area contributed by atoms with Crippen molar-refractivity contribution < 1.29 is 0 Å². The predicted molar refractivity (Wildman–Crippen MR) is 96.8 cm³/mol. The number of fused-ring (bicyclic) bond motifs is 1. The van der Waals surface area contributed by atoms with Gasteiger partial charge in [0, 0.05) is 5.92 Å². The molecule has 0 spiro atoms. The molecule has 5 aliphatic carbocycles. The first kappa shape index (κ1) is 13.4. The molecule has 0 saturated heterocycles. The van der Waals surface area contributed by atoms with Gasteiger partial charge in [0.25, 0.3) is 0 Å². The fourth-order valence-corrected chi connectivity index (χ4v) is 8.59. The van der Waals surface area contributed by atoms with E-state index in [2.05, 4.69) is 43.4 Å². The SMILES string of the molecule is C[SiH](C)C1=C2CC3CC1CC(C3)C2c1cccc2c1C=CC2. The number of rotatable bonds is 2. The van der Waals surface area contributed by atoms with E-state index in [-0.39, 0.29) is 0 Å². The summed E-state index contributed by atoms with van der Waals surface area (Å²) < 4.78 is 0. The fraction of sp³-hybridized carbons (Fsp3) is 0.524. The van der Waals surface area contributed by atoms with E-state index >= 15 is 0 Å². The Morgan fingerprint density at radius 3 is 2.86 bits per heavy atom. The van der Waals surface area contributed by atoms with E-state index in [0.29, 0.717) is 0 Å². The van der Waals surface area contributed by atoms with Crippen LogP contribution in [0.1, 0.15) is 48.3 Å². The van der Waals surface area contributed by atoms with E-state index < -0.39 is 8.80 Å². The molecule has 0 aliphatic heterocycles. The highest BCUT2D eigenvalue weighted by molar-refractivity contribution is 6.64. The molecule has 0 N–H and O–H groups in total. The Bertz CT molecular complexity index is 694. The van der Waals surface area contributed by atoms with Crippen LogP contribution in [0.3, 0.4) is 0 Å². The van der Waals surface area contributed by atoms with Gasteiger partial charge in [-0.2, -0.15) is 0 Å². The molecule has 5 aliphatic rings. The average Bonchev–Trinajstić information content (AvgIpc) is 2.95. The maximum atomic E-state index is 2.57. The lowest BCUT2D eigenvalue weighted by atomic mass is 9.55. The first-order valence-electron chi connectivity index (χ1n) is 9.23. The van der Waals surface area contributed by atoms with Crippen LogP contribution >= 0.6 is 0 Å². The average molecular weight is 307 g/mol. The summed E-state index contributed by atoms with van der Waals surface area (Å²) in [5.74, 6) is 3.74. The molecule has 1 aromatic rings. The minimum atomic E-state index is -0.662. The molecular weight excluding hydrogens is 280 g/mol. The molecule has 4 unspecified atom stereocenters. The summed E-state index contributed by atoms with van der Waals surface area (Å²) >= 11 is 0. The zero-order valence-electron chi connectivity index (χ0n) is 13.8. The highest BCUT2D eigenvalue weighted by Crippen LogP contribution is 2.60. The molecular formula is C21H26Si. The van der Waals surface area contributed by atoms with Gasteiger partial charge >= 0.3 is 0 Å².